The third kappa shape index (κ3) is 3.06. The lowest BCUT2D eigenvalue weighted by molar-refractivity contribution is 0.260. The van der Waals surface area contributed by atoms with Gasteiger partial charge in [0.15, 0.2) is 11.5 Å². The van der Waals surface area contributed by atoms with Gasteiger partial charge in [-0.05, 0) is 60.5 Å². The Morgan fingerprint density at radius 1 is 1.14 bits per heavy atom. The number of rotatable bonds is 3. The highest BCUT2D eigenvalue weighted by Gasteiger charge is 2.22. The predicted molar refractivity (Wildman–Crippen MR) is 81.2 cm³/mol. The Balaban J connectivity index is 1.76. The van der Waals surface area contributed by atoms with Crippen molar-refractivity contribution >= 4 is 11.6 Å². The van der Waals surface area contributed by atoms with E-state index < -0.39 is 0 Å². The van der Waals surface area contributed by atoms with Gasteiger partial charge in [0, 0.05) is 5.02 Å². The number of phenols is 2. The third-order valence-corrected chi connectivity index (χ3v) is 3.88. The molecule has 0 fully saturated rings. The number of benzene rings is 2. The third-order valence-electron chi connectivity index (χ3n) is 3.63. The first-order valence-electron chi connectivity index (χ1n) is 6.80. The molecule has 1 heterocycles. The van der Waals surface area contributed by atoms with Crippen LogP contribution >= 0.6 is 11.6 Å². The summed E-state index contributed by atoms with van der Waals surface area (Å²) in [6.07, 6.45) is 0.820. The van der Waals surface area contributed by atoms with Gasteiger partial charge in [-0.3, -0.25) is 0 Å². The van der Waals surface area contributed by atoms with Crippen molar-refractivity contribution in [3.05, 3.63) is 52.5 Å². The standard InChI is InChI=1S/C16H16ClNO3/c17-11-1-3-12(4-2-11)21-9-14-13-8-16(20)15(19)7-10(13)5-6-18-14/h1-4,7-8,14,18-20H,5-6,9H2/t14-/m1/s1. The Kier molecular flexibility index (Phi) is 3.90. The van der Waals surface area contributed by atoms with E-state index in [9.17, 15) is 10.2 Å². The van der Waals surface area contributed by atoms with Crippen molar-refractivity contribution in [2.45, 2.75) is 12.5 Å². The van der Waals surface area contributed by atoms with Crippen molar-refractivity contribution < 1.29 is 14.9 Å². The van der Waals surface area contributed by atoms with Crippen LogP contribution < -0.4 is 10.1 Å². The molecular weight excluding hydrogens is 290 g/mol. The number of phenolic OH excluding ortho intramolecular Hbond substituents is 2. The molecule has 3 rings (SSSR count). The molecule has 1 aliphatic rings. The molecule has 0 saturated heterocycles. The maximum Gasteiger partial charge on any atom is 0.157 e. The number of halogens is 1. The van der Waals surface area contributed by atoms with Gasteiger partial charge in [0.25, 0.3) is 0 Å². The van der Waals surface area contributed by atoms with E-state index in [0.717, 1.165) is 29.8 Å². The Bertz CT molecular complexity index is 643. The van der Waals surface area contributed by atoms with Crippen LogP contribution in [0.5, 0.6) is 17.2 Å². The molecule has 0 saturated carbocycles. The van der Waals surface area contributed by atoms with E-state index >= 15 is 0 Å². The zero-order chi connectivity index (χ0) is 14.8. The van der Waals surface area contributed by atoms with E-state index in [1.807, 2.05) is 12.1 Å². The fraction of sp³-hybridized carbons (Fsp3) is 0.250. The quantitative estimate of drug-likeness (QED) is 0.763. The number of hydrogen-bond donors (Lipinski definition) is 3. The molecular formula is C16H16ClNO3. The number of hydrogen-bond acceptors (Lipinski definition) is 4. The van der Waals surface area contributed by atoms with Gasteiger partial charge in [-0.2, -0.15) is 0 Å². The summed E-state index contributed by atoms with van der Waals surface area (Å²) < 4.78 is 5.76. The van der Waals surface area contributed by atoms with Crippen molar-refractivity contribution in [3.8, 4) is 17.2 Å². The van der Waals surface area contributed by atoms with E-state index in [2.05, 4.69) is 5.32 Å². The minimum Gasteiger partial charge on any atom is -0.504 e. The van der Waals surface area contributed by atoms with Crippen molar-refractivity contribution in [1.29, 1.82) is 0 Å². The number of ether oxygens (including phenoxy) is 1. The number of nitrogens with one attached hydrogen (secondary N) is 1. The lowest BCUT2D eigenvalue weighted by atomic mass is 9.94. The molecule has 0 aromatic heterocycles. The molecule has 21 heavy (non-hydrogen) atoms. The van der Waals surface area contributed by atoms with Crippen LogP contribution in [0, 0.1) is 0 Å². The Hall–Kier alpha value is -1.91. The summed E-state index contributed by atoms with van der Waals surface area (Å²) in [4.78, 5) is 0. The molecule has 1 atom stereocenters. The van der Waals surface area contributed by atoms with Gasteiger partial charge >= 0.3 is 0 Å². The second kappa shape index (κ2) is 5.84. The maximum absolute atomic E-state index is 9.68. The zero-order valence-electron chi connectivity index (χ0n) is 11.3. The van der Waals surface area contributed by atoms with Crippen molar-refractivity contribution in [2.75, 3.05) is 13.2 Å². The fourth-order valence-corrected chi connectivity index (χ4v) is 2.65. The highest BCUT2D eigenvalue weighted by atomic mass is 35.5. The van der Waals surface area contributed by atoms with Crippen LogP contribution in [0.3, 0.4) is 0 Å². The second-order valence-corrected chi connectivity index (χ2v) is 5.50. The van der Waals surface area contributed by atoms with Gasteiger partial charge in [0.1, 0.15) is 12.4 Å². The van der Waals surface area contributed by atoms with E-state index in [0.29, 0.717) is 11.6 Å². The molecule has 1 aliphatic heterocycles. The molecule has 0 bridgehead atoms. The van der Waals surface area contributed by atoms with Gasteiger partial charge < -0.3 is 20.3 Å². The topological polar surface area (TPSA) is 61.7 Å². The average molecular weight is 306 g/mol. The molecule has 2 aromatic carbocycles. The fourth-order valence-electron chi connectivity index (χ4n) is 2.53. The molecule has 4 nitrogen and oxygen atoms in total. The maximum atomic E-state index is 9.68. The van der Waals surface area contributed by atoms with Gasteiger partial charge in [-0.1, -0.05) is 11.6 Å². The Labute approximate surface area is 127 Å². The normalized spacial score (nSPS) is 17.3. The number of aromatic hydroxyl groups is 2. The summed E-state index contributed by atoms with van der Waals surface area (Å²) in [5, 5.41) is 23.3. The van der Waals surface area contributed by atoms with E-state index in [4.69, 9.17) is 16.3 Å². The Morgan fingerprint density at radius 2 is 1.86 bits per heavy atom. The summed E-state index contributed by atoms with van der Waals surface area (Å²) in [7, 11) is 0. The molecule has 2 aromatic rings. The molecule has 0 amide bonds. The molecule has 0 radical (unpaired) electrons. The monoisotopic (exact) mass is 305 g/mol. The van der Waals surface area contributed by atoms with Crippen LogP contribution in [-0.4, -0.2) is 23.4 Å². The zero-order valence-corrected chi connectivity index (χ0v) is 12.1. The summed E-state index contributed by atoms with van der Waals surface area (Å²) in [5.74, 6) is 0.568. The SMILES string of the molecule is Oc1cc2c(cc1O)[C@@H](COc1ccc(Cl)cc1)NCC2. The van der Waals surface area contributed by atoms with Gasteiger partial charge in [-0.25, -0.2) is 0 Å². The highest BCUT2D eigenvalue weighted by Crippen LogP contribution is 2.33. The van der Waals surface area contributed by atoms with Crippen LogP contribution in [-0.2, 0) is 6.42 Å². The first kappa shape index (κ1) is 14.0. The predicted octanol–water partition coefficient (Wildman–Crippen LogP) is 3.02. The van der Waals surface area contributed by atoms with Crippen molar-refractivity contribution in [3.63, 3.8) is 0 Å². The summed E-state index contributed by atoms with van der Waals surface area (Å²) in [5.41, 5.74) is 2.00. The largest absolute Gasteiger partial charge is 0.504 e. The van der Waals surface area contributed by atoms with Crippen LogP contribution in [0.25, 0.3) is 0 Å². The minimum atomic E-state index is -0.103. The van der Waals surface area contributed by atoms with Crippen LogP contribution in [0.1, 0.15) is 17.2 Å². The summed E-state index contributed by atoms with van der Waals surface area (Å²) in [6.45, 7) is 1.25. The van der Waals surface area contributed by atoms with Gasteiger partial charge in [0.2, 0.25) is 0 Å². The first-order valence-corrected chi connectivity index (χ1v) is 7.18. The summed E-state index contributed by atoms with van der Waals surface area (Å²) in [6, 6.07) is 10.4. The number of fused-ring (bicyclic) bond motifs is 1. The molecule has 0 aliphatic carbocycles. The van der Waals surface area contributed by atoms with Crippen LogP contribution in [0.4, 0.5) is 0 Å². The Morgan fingerprint density at radius 3 is 2.62 bits per heavy atom. The second-order valence-electron chi connectivity index (χ2n) is 5.06. The van der Waals surface area contributed by atoms with Crippen LogP contribution in [0.15, 0.2) is 36.4 Å². The molecule has 5 heteroatoms. The first-order chi connectivity index (χ1) is 10.1. The molecule has 110 valence electrons. The lowest BCUT2D eigenvalue weighted by Gasteiger charge is -2.27. The lowest BCUT2D eigenvalue weighted by Crippen LogP contribution is -2.33. The average Bonchev–Trinajstić information content (AvgIpc) is 2.48. The minimum absolute atomic E-state index is 0.0177. The van der Waals surface area contributed by atoms with E-state index in [1.165, 1.54) is 0 Å². The van der Waals surface area contributed by atoms with Crippen molar-refractivity contribution in [1.82, 2.24) is 5.32 Å². The smallest absolute Gasteiger partial charge is 0.157 e. The van der Waals surface area contributed by atoms with E-state index in [1.54, 1.807) is 24.3 Å². The molecule has 0 spiro atoms. The summed E-state index contributed by atoms with van der Waals surface area (Å²) >= 11 is 5.84. The highest BCUT2D eigenvalue weighted by molar-refractivity contribution is 6.30. The van der Waals surface area contributed by atoms with Crippen molar-refractivity contribution in [2.24, 2.45) is 0 Å². The van der Waals surface area contributed by atoms with Gasteiger partial charge in [0.05, 0.1) is 6.04 Å². The van der Waals surface area contributed by atoms with Crippen LogP contribution in [0.2, 0.25) is 5.02 Å². The molecule has 3 N–H and O–H groups in total. The van der Waals surface area contributed by atoms with Gasteiger partial charge in [-0.15, -0.1) is 0 Å². The molecule has 0 unspecified atom stereocenters. The van der Waals surface area contributed by atoms with E-state index in [-0.39, 0.29) is 17.5 Å².